The zero-order chi connectivity index (χ0) is 16.4. The van der Waals surface area contributed by atoms with Gasteiger partial charge in [-0.2, -0.15) is 0 Å². The molecule has 0 unspecified atom stereocenters. The lowest BCUT2D eigenvalue weighted by Gasteiger charge is -2.24. The SMILES string of the molecule is O=C(Nc1nc2ccccc2s1)N1CCC[C@@H]1Cc1ccccc1. The van der Waals surface area contributed by atoms with Crippen molar-refractivity contribution in [3.8, 4) is 0 Å². The number of para-hydroxylation sites is 1. The Labute approximate surface area is 145 Å². The summed E-state index contributed by atoms with van der Waals surface area (Å²) >= 11 is 1.52. The predicted molar refractivity (Wildman–Crippen MR) is 98.5 cm³/mol. The molecule has 24 heavy (non-hydrogen) atoms. The van der Waals surface area contributed by atoms with Crippen LogP contribution in [0.2, 0.25) is 0 Å². The third-order valence-electron chi connectivity index (χ3n) is 4.46. The fourth-order valence-electron chi connectivity index (χ4n) is 3.29. The van der Waals surface area contributed by atoms with E-state index in [0.717, 1.165) is 36.0 Å². The van der Waals surface area contributed by atoms with Crippen LogP contribution in [0.15, 0.2) is 54.6 Å². The highest BCUT2D eigenvalue weighted by Crippen LogP contribution is 2.27. The van der Waals surface area contributed by atoms with Gasteiger partial charge >= 0.3 is 6.03 Å². The van der Waals surface area contributed by atoms with Crippen molar-refractivity contribution in [2.45, 2.75) is 25.3 Å². The second kappa shape index (κ2) is 6.61. The number of benzene rings is 2. The molecule has 0 aliphatic carbocycles. The van der Waals surface area contributed by atoms with Gasteiger partial charge in [-0.3, -0.25) is 5.32 Å². The van der Waals surface area contributed by atoms with Gasteiger partial charge in [0.1, 0.15) is 0 Å². The lowest BCUT2D eigenvalue weighted by molar-refractivity contribution is 0.206. The maximum atomic E-state index is 12.7. The highest BCUT2D eigenvalue weighted by Gasteiger charge is 2.29. The highest BCUT2D eigenvalue weighted by atomic mass is 32.1. The molecular weight excluding hydrogens is 318 g/mol. The van der Waals surface area contributed by atoms with E-state index in [4.69, 9.17) is 0 Å². The molecule has 2 heterocycles. The first-order chi connectivity index (χ1) is 11.8. The van der Waals surface area contributed by atoms with E-state index in [0.29, 0.717) is 5.13 Å². The second-order valence-electron chi connectivity index (χ2n) is 6.10. The highest BCUT2D eigenvalue weighted by molar-refractivity contribution is 7.22. The molecule has 0 spiro atoms. The van der Waals surface area contributed by atoms with Crippen LogP contribution < -0.4 is 5.32 Å². The molecule has 1 aromatic heterocycles. The van der Waals surface area contributed by atoms with Crippen LogP contribution in [0.25, 0.3) is 10.2 Å². The van der Waals surface area contributed by atoms with Crippen molar-refractivity contribution < 1.29 is 4.79 Å². The number of carbonyl (C=O) groups is 1. The topological polar surface area (TPSA) is 45.2 Å². The Morgan fingerprint density at radius 3 is 2.79 bits per heavy atom. The number of carbonyl (C=O) groups excluding carboxylic acids is 1. The molecule has 4 nitrogen and oxygen atoms in total. The lowest BCUT2D eigenvalue weighted by atomic mass is 10.0. The minimum Gasteiger partial charge on any atom is -0.321 e. The summed E-state index contributed by atoms with van der Waals surface area (Å²) in [4.78, 5) is 19.1. The van der Waals surface area contributed by atoms with Crippen LogP contribution in [0, 0.1) is 0 Å². The van der Waals surface area contributed by atoms with Gasteiger partial charge in [0.15, 0.2) is 5.13 Å². The van der Waals surface area contributed by atoms with Crippen molar-refractivity contribution in [3.05, 3.63) is 60.2 Å². The van der Waals surface area contributed by atoms with Crippen LogP contribution >= 0.6 is 11.3 Å². The van der Waals surface area contributed by atoms with E-state index in [1.165, 1.54) is 16.9 Å². The summed E-state index contributed by atoms with van der Waals surface area (Å²) in [5, 5.41) is 3.66. The fourth-order valence-corrected chi connectivity index (χ4v) is 4.15. The van der Waals surface area contributed by atoms with Gasteiger partial charge in [-0.25, -0.2) is 9.78 Å². The summed E-state index contributed by atoms with van der Waals surface area (Å²) in [5.74, 6) is 0. The second-order valence-corrected chi connectivity index (χ2v) is 7.13. The fraction of sp³-hybridized carbons (Fsp3) is 0.263. The van der Waals surface area contributed by atoms with Crippen molar-refractivity contribution in [2.24, 2.45) is 0 Å². The molecule has 1 atom stereocenters. The van der Waals surface area contributed by atoms with E-state index in [-0.39, 0.29) is 12.1 Å². The van der Waals surface area contributed by atoms with E-state index in [2.05, 4.69) is 34.6 Å². The molecule has 1 saturated heterocycles. The largest absolute Gasteiger partial charge is 0.323 e. The van der Waals surface area contributed by atoms with Crippen molar-refractivity contribution >= 4 is 32.7 Å². The Hall–Kier alpha value is -2.40. The van der Waals surface area contributed by atoms with E-state index >= 15 is 0 Å². The normalized spacial score (nSPS) is 17.3. The van der Waals surface area contributed by atoms with Crippen LogP contribution in [-0.2, 0) is 6.42 Å². The van der Waals surface area contributed by atoms with Gasteiger partial charge in [-0.15, -0.1) is 0 Å². The monoisotopic (exact) mass is 337 g/mol. The molecule has 2 amide bonds. The number of nitrogens with one attached hydrogen (secondary N) is 1. The quantitative estimate of drug-likeness (QED) is 0.763. The molecule has 4 rings (SSSR count). The number of fused-ring (bicyclic) bond motifs is 1. The Morgan fingerprint density at radius 1 is 1.17 bits per heavy atom. The molecule has 1 aliphatic rings. The Kier molecular flexibility index (Phi) is 4.17. The minimum absolute atomic E-state index is 0.0347. The first-order valence-electron chi connectivity index (χ1n) is 8.27. The Morgan fingerprint density at radius 2 is 1.96 bits per heavy atom. The van der Waals surface area contributed by atoms with E-state index in [1.807, 2.05) is 35.2 Å². The summed E-state index contributed by atoms with van der Waals surface area (Å²) in [6.07, 6.45) is 3.03. The number of aromatic nitrogens is 1. The van der Waals surface area contributed by atoms with Crippen LogP contribution in [-0.4, -0.2) is 28.5 Å². The van der Waals surface area contributed by atoms with Crippen molar-refractivity contribution in [3.63, 3.8) is 0 Å². The first kappa shape index (κ1) is 15.1. The van der Waals surface area contributed by atoms with Gasteiger partial charge in [0.2, 0.25) is 0 Å². The molecule has 0 radical (unpaired) electrons. The number of thiazole rings is 1. The number of hydrogen-bond donors (Lipinski definition) is 1. The molecule has 122 valence electrons. The van der Waals surface area contributed by atoms with Gasteiger partial charge in [0.05, 0.1) is 10.2 Å². The number of amides is 2. The molecule has 3 aromatic rings. The maximum Gasteiger partial charge on any atom is 0.323 e. The molecule has 0 bridgehead atoms. The van der Waals surface area contributed by atoms with E-state index < -0.39 is 0 Å². The number of anilines is 1. The Bertz CT molecular complexity index is 813. The summed E-state index contributed by atoms with van der Waals surface area (Å²) in [5.41, 5.74) is 2.21. The molecule has 0 saturated carbocycles. The molecule has 1 fully saturated rings. The number of likely N-dealkylation sites (tertiary alicyclic amines) is 1. The third-order valence-corrected chi connectivity index (χ3v) is 5.41. The van der Waals surface area contributed by atoms with Crippen molar-refractivity contribution in [1.82, 2.24) is 9.88 Å². The number of nitrogens with zero attached hydrogens (tertiary/aromatic N) is 2. The zero-order valence-electron chi connectivity index (χ0n) is 13.3. The van der Waals surface area contributed by atoms with Gasteiger partial charge in [0.25, 0.3) is 0 Å². The number of hydrogen-bond acceptors (Lipinski definition) is 3. The standard InChI is InChI=1S/C19H19N3OS/c23-19(21-18-20-16-10-4-5-11-17(16)24-18)22-12-6-9-15(22)13-14-7-2-1-3-8-14/h1-5,7-8,10-11,15H,6,9,12-13H2,(H,20,21,23)/t15-/m1/s1. The van der Waals surface area contributed by atoms with Gasteiger partial charge < -0.3 is 4.90 Å². The van der Waals surface area contributed by atoms with Crippen LogP contribution in [0.3, 0.4) is 0 Å². The van der Waals surface area contributed by atoms with Gasteiger partial charge in [-0.1, -0.05) is 53.8 Å². The van der Waals surface area contributed by atoms with Crippen LogP contribution in [0.1, 0.15) is 18.4 Å². The third kappa shape index (κ3) is 3.12. The lowest BCUT2D eigenvalue weighted by Crippen LogP contribution is -2.39. The molecule has 2 aromatic carbocycles. The average molecular weight is 337 g/mol. The van der Waals surface area contributed by atoms with E-state index in [9.17, 15) is 4.79 Å². The minimum atomic E-state index is -0.0347. The summed E-state index contributed by atoms with van der Waals surface area (Å²) in [6, 6.07) is 18.6. The number of urea groups is 1. The smallest absolute Gasteiger partial charge is 0.321 e. The molecular formula is C19H19N3OS. The summed E-state index contributed by atoms with van der Waals surface area (Å²) in [7, 11) is 0. The predicted octanol–water partition coefficient (Wildman–Crippen LogP) is 4.54. The molecule has 1 N–H and O–H groups in total. The summed E-state index contributed by atoms with van der Waals surface area (Å²) in [6.45, 7) is 0.814. The molecule has 5 heteroatoms. The van der Waals surface area contributed by atoms with Crippen LogP contribution in [0.4, 0.5) is 9.93 Å². The van der Waals surface area contributed by atoms with Gasteiger partial charge in [0, 0.05) is 12.6 Å². The summed E-state index contributed by atoms with van der Waals surface area (Å²) < 4.78 is 1.09. The first-order valence-corrected chi connectivity index (χ1v) is 9.08. The number of rotatable bonds is 3. The Balaban J connectivity index is 1.46. The van der Waals surface area contributed by atoms with Gasteiger partial charge in [-0.05, 0) is 37.0 Å². The maximum absolute atomic E-state index is 12.7. The van der Waals surface area contributed by atoms with Crippen molar-refractivity contribution in [1.29, 1.82) is 0 Å². The van der Waals surface area contributed by atoms with E-state index in [1.54, 1.807) is 0 Å². The average Bonchev–Trinajstić information content (AvgIpc) is 3.21. The zero-order valence-corrected chi connectivity index (χ0v) is 14.1. The van der Waals surface area contributed by atoms with Crippen molar-refractivity contribution in [2.75, 3.05) is 11.9 Å². The molecule has 1 aliphatic heterocycles. The van der Waals surface area contributed by atoms with Crippen LogP contribution in [0.5, 0.6) is 0 Å².